The van der Waals surface area contributed by atoms with E-state index in [0.29, 0.717) is 34.0 Å². The smallest absolute Gasteiger partial charge is 0.216 e. The fourth-order valence-electron chi connectivity index (χ4n) is 1.90. The molecule has 114 valence electrons. The van der Waals surface area contributed by atoms with Crippen molar-refractivity contribution in [2.24, 2.45) is 0 Å². The fraction of sp³-hybridized carbons (Fsp3) is 0.429. The first-order chi connectivity index (χ1) is 9.97. The van der Waals surface area contributed by atoms with E-state index in [1.165, 1.54) is 0 Å². The topological polar surface area (TPSA) is 56.0 Å². The minimum absolute atomic E-state index is 0.0933. The van der Waals surface area contributed by atoms with Crippen LogP contribution in [0.5, 0.6) is 0 Å². The quantitative estimate of drug-likeness (QED) is 0.788. The van der Waals surface area contributed by atoms with Gasteiger partial charge in [0, 0.05) is 29.9 Å². The monoisotopic (exact) mass is 346 g/mol. The minimum Gasteiger partial charge on any atom is -0.426 e. The predicted octanol–water partition coefficient (Wildman–Crippen LogP) is 4.13. The summed E-state index contributed by atoms with van der Waals surface area (Å²) < 4.78 is 17.6. The largest absolute Gasteiger partial charge is 0.426 e. The molecule has 2 atom stereocenters. The van der Waals surface area contributed by atoms with Gasteiger partial charge in [0.2, 0.25) is 11.8 Å². The Hall–Kier alpha value is -0.910. The molecular weight excluding hydrogens is 331 g/mol. The average molecular weight is 347 g/mol. The Morgan fingerprint density at radius 1 is 1.29 bits per heavy atom. The van der Waals surface area contributed by atoms with Gasteiger partial charge in [-0.2, -0.15) is 0 Å². The van der Waals surface area contributed by atoms with Gasteiger partial charge in [-0.3, -0.25) is 4.21 Å². The number of nitrogens with zero attached hydrogens (tertiary/aromatic N) is 2. The summed E-state index contributed by atoms with van der Waals surface area (Å²) >= 11 is 11.9. The molecule has 1 aromatic carbocycles. The van der Waals surface area contributed by atoms with E-state index in [4.69, 9.17) is 27.6 Å². The van der Waals surface area contributed by atoms with E-state index in [9.17, 15) is 4.21 Å². The van der Waals surface area contributed by atoms with Crippen LogP contribution >= 0.6 is 23.2 Å². The normalized spacial score (nSPS) is 14.1. The molecule has 0 bridgehead atoms. The molecule has 0 aliphatic heterocycles. The summed E-state index contributed by atoms with van der Waals surface area (Å²) in [4.78, 5) is 0. The van der Waals surface area contributed by atoms with Crippen molar-refractivity contribution in [2.45, 2.75) is 31.9 Å². The molecular formula is C14H16Cl2N2O2S. The van der Waals surface area contributed by atoms with Crippen LogP contribution in [0.15, 0.2) is 22.6 Å². The maximum atomic E-state index is 12.3. The minimum atomic E-state index is -0.989. The first-order valence-corrected chi connectivity index (χ1v) is 8.72. The van der Waals surface area contributed by atoms with Crippen molar-refractivity contribution in [1.82, 2.24) is 10.2 Å². The Bertz CT molecular complexity index is 646. The van der Waals surface area contributed by atoms with Crippen LogP contribution in [0.25, 0.3) is 0 Å². The van der Waals surface area contributed by atoms with Crippen LogP contribution in [0.3, 0.4) is 0 Å². The summed E-state index contributed by atoms with van der Waals surface area (Å²) in [5.74, 6) is 1.71. The third-order valence-corrected chi connectivity index (χ3v) is 5.60. The molecule has 7 heteroatoms. The standard InChI is InChI=1S/C14H16Cl2N2O2S/c1-9(11-5-6-12(15)13(16)8-11)21(19)7-3-4-14-18-17-10(2)20-14/h5-6,8-9H,3-4,7H2,1-2H3. The van der Waals surface area contributed by atoms with Gasteiger partial charge in [-0.15, -0.1) is 10.2 Å². The van der Waals surface area contributed by atoms with E-state index in [1.807, 2.05) is 13.0 Å². The molecule has 0 amide bonds. The number of hydrogen-bond acceptors (Lipinski definition) is 4. The third-order valence-electron chi connectivity index (χ3n) is 3.11. The van der Waals surface area contributed by atoms with E-state index >= 15 is 0 Å². The van der Waals surface area contributed by atoms with Gasteiger partial charge in [-0.25, -0.2) is 0 Å². The summed E-state index contributed by atoms with van der Waals surface area (Å²) in [6.07, 6.45) is 1.38. The van der Waals surface area contributed by atoms with E-state index in [1.54, 1.807) is 19.1 Å². The molecule has 0 saturated heterocycles. The molecule has 0 aliphatic rings. The molecule has 0 fully saturated rings. The number of aromatic nitrogens is 2. The molecule has 0 spiro atoms. The third kappa shape index (κ3) is 4.53. The van der Waals surface area contributed by atoms with E-state index in [2.05, 4.69) is 10.2 Å². The lowest BCUT2D eigenvalue weighted by molar-refractivity contribution is 0.465. The Morgan fingerprint density at radius 2 is 2.05 bits per heavy atom. The van der Waals surface area contributed by atoms with Gasteiger partial charge in [-0.1, -0.05) is 29.3 Å². The van der Waals surface area contributed by atoms with Gasteiger partial charge in [-0.05, 0) is 31.0 Å². The highest BCUT2D eigenvalue weighted by atomic mass is 35.5. The zero-order chi connectivity index (χ0) is 15.4. The molecule has 2 unspecified atom stereocenters. The first kappa shape index (κ1) is 16.5. The summed E-state index contributed by atoms with van der Waals surface area (Å²) in [6.45, 7) is 3.67. The predicted molar refractivity (Wildman–Crippen MR) is 85.2 cm³/mol. The van der Waals surface area contributed by atoms with Crippen molar-refractivity contribution in [2.75, 3.05) is 5.75 Å². The van der Waals surface area contributed by atoms with Crippen LogP contribution < -0.4 is 0 Å². The molecule has 2 aromatic rings. The van der Waals surface area contributed by atoms with Crippen molar-refractivity contribution in [3.8, 4) is 0 Å². The molecule has 0 aliphatic carbocycles. The Balaban J connectivity index is 1.88. The molecule has 1 heterocycles. The zero-order valence-electron chi connectivity index (χ0n) is 11.8. The Morgan fingerprint density at radius 3 is 2.67 bits per heavy atom. The Kier molecular flexibility index (Phi) is 5.79. The van der Waals surface area contributed by atoms with Crippen LogP contribution in [0.1, 0.15) is 35.9 Å². The molecule has 0 N–H and O–H groups in total. The van der Waals surface area contributed by atoms with Crippen LogP contribution in [-0.4, -0.2) is 20.2 Å². The molecule has 0 saturated carbocycles. The highest BCUT2D eigenvalue weighted by Gasteiger charge is 2.15. The maximum absolute atomic E-state index is 12.3. The molecule has 1 aromatic heterocycles. The van der Waals surface area contributed by atoms with Gasteiger partial charge in [0.1, 0.15) is 0 Å². The lowest BCUT2D eigenvalue weighted by Gasteiger charge is -2.12. The second kappa shape index (κ2) is 7.38. The highest BCUT2D eigenvalue weighted by Crippen LogP contribution is 2.28. The number of hydrogen-bond donors (Lipinski definition) is 0. The zero-order valence-corrected chi connectivity index (χ0v) is 14.1. The number of rotatable bonds is 6. The number of benzene rings is 1. The van der Waals surface area contributed by atoms with Crippen LogP contribution in [0, 0.1) is 6.92 Å². The van der Waals surface area contributed by atoms with Crippen molar-refractivity contribution in [3.63, 3.8) is 0 Å². The first-order valence-electron chi connectivity index (χ1n) is 6.58. The molecule has 0 radical (unpaired) electrons. The fourth-order valence-corrected chi connectivity index (χ4v) is 3.44. The van der Waals surface area contributed by atoms with Crippen LogP contribution in [-0.2, 0) is 17.2 Å². The van der Waals surface area contributed by atoms with Crippen molar-refractivity contribution >= 4 is 34.0 Å². The van der Waals surface area contributed by atoms with E-state index in [-0.39, 0.29) is 5.25 Å². The summed E-state index contributed by atoms with van der Waals surface area (Å²) in [6, 6.07) is 5.36. The van der Waals surface area contributed by atoms with E-state index < -0.39 is 10.8 Å². The van der Waals surface area contributed by atoms with Gasteiger partial charge < -0.3 is 4.42 Å². The second-order valence-electron chi connectivity index (χ2n) is 4.72. The van der Waals surface area contributed by atoms with Gasteiger partial charge in [0.15, 0.2) is 0 Å². The SMILES string of the molecule is Cc1nnc(CCCS(=O)C(C)c2ccc(Cl)c(Cl)c2)o1. The summed E-state index contributed by atoms with van der Waals surface area (Å²) in [5.41, 5.74) is 0.927. The number of halogens is 2. The second-order valence-corrected chi connectivity index (χ2v) is 7.41. The summed E-state index contributed by atoms with van der Waals surface area (Å²) in [5, 5.41) is 8.58. The lowest BCUT2D eigenvalue weighted by atomic mass is 10.2. The van der Waals surface area contributed by atoms with Crippen LogP contribution in [0.2, 0.25) is 10.0 Å². The molecule has 2 rings (SSSR count). The van der Waals surface area contributed by atoms with Crippen molar-refractivity contribution in [3.05, 3.63) is 45.6 Å². The lowest BCUT2D eigenvalue weighted by Crippen LogP contribution is -2.07. The molecule has 21 heavy (non-hydrogen) atoms. The highest BCUT2D eigenvalue weighted by molar-refractivity contribution is 7.85. The molecule has 4 nitrogen and oxygen atoms in total. The van der Waals surface area contributed by atoms with Crippen molar-refractivity contribution in [1.29, 1.82) is 0 Å². The van der Waals surface area contributed by atoms with E-state index in [0.717, 1.165) is 12.0 Å². The maximum Gasteiger partial charge on any atom is 0.216 e. The van der Waals surface area contributed by atoms with Crippen LogP contribution in [0.4, 0.5) is 0 Å². The van der Waals surface area contributed by atoms with Crippen molar-refractivity contribution < 1.29 is 8.63 Å². The summed E-state index contributed by atoms with van der Waals surface area (Å²) in [7, 11) is -0.989. The average Bonchev–Trinajstić information content (AvgIpc) is 2.86. The van der Waals surface area contributed by atoms with Gasteiger partial charge >= 0.3 is 0 Å². The Labute approximate surface area is 136 Å². The number of aryl methyl sites for hydroxylation is 2. The van der Waals surface area contributed by atoms with Gasteiger partial charge in [0.05, 0.1) is 15.3 Å². The van der Waals surface area contributed by atoms with Gasteiger partial charge in [0.25, 0.3) is 0 Å².